The lowest BCUT2D eigenvalue weighted by Gasteiger charge is -2.11. The summed E-state index contributed by atoms with van der Waals surface area (Å²) in [5, 5.41) is 2.82. The van der Waals surface area contributed by atoms with Crippen LogP contribution in [-0.2, 0) is 11.3 Å². The Morgan fingerprint density at radius 3 is 3.05 bits per heavy atom. The molecule has 5 heteroatoms. The van der Waals surface area contributed by atoms with Crippen LogP contribution >= 0.6 is 0 Å². The van der Waals surface area contributed by atoms with Gasteiger partial charge >= 0.3 is 0 Å². The van der Waals surface area contributed by atoms with Crippen LogP contribution in [0.1, 0.15) is 18.9 Å². The first-order valence-electron chi connectivity index (χ1n) is 6.30. The number of nitrogens with two attached hydrogens (primary N) is 1. The van der Waals surface area contributed by atoms with Gasteiger partial charge in [0.2, 0.25) is 5.91 Å². The zero-order chi connectivity index (χ0) is 13.7. The highest BCUT2D eigenvalue weighted by molar-refractivity contribution is 5.94. The number of anilines is 1. The summed E-state index contributed by atoms with van der Waals surface area (Å²) in [7, 11) is 0. The van der Waals surface area contributed by atoms with Crippen molar-refractivity contribution in [2.75, 3.05) is 5.32 Å². The van der Waals surface area contributed by atoms with Crippen molar-refractivity contribution < 1.29 is 4.79 Å². The highest BCUT2D eigenvalue weighted by atomic mass is 16.2. The minimum Gasteiger partial charge on any atom is -0.333 e. The zero-order valence-corrected chi connectivity index (χ0v) is 10.9. The first-order valence-corrected chi connectivity index (χ1v) is 6.30. The van der Waals surface area contributed by atoms with Crippen LogP contribution < -0.4 is 11.1 Å². The van der Waals surface area contributed by atoms with Gasteiger partial charge in [0.05, 0.1) is 12.4 Å². The molecule has 0 saturated heterocycles. The fourth-order valence-electron chi connectivity index (χ4n) is 1.76. The second-order valence-corrected chi connectivity index (χ2v) is 4.44. The van der Waals surface area contributed by atoms with E-state index in [4.69, 9.17) is 5.73 Å². The third-order valence-corrected chi connectivity index (χ3v) is 2.90. The minimum atomic E-state index is -0.461. The highest BCUT2D eigenvalue weighted by Gasteiger charge is 2.10. The molecule has 0 aliphatic carbocycles. The predicted octanol–water partition coefficient (Wildman–Crippen LogP) is 1.61. The van der Waals surface area contributed by atoms with E-state index in [1.807, 2.05) is 42.0 Å². The van der Waals surface area contributed by atoms with Gasteiger partial charge in [0.1, 0.15) is 0 Å². The Labute approximate surface area is 112 Å². The molecule has 1 aromatic heterocycles. The van der Waals surface area contributed by atoms with Gasteiger partial charge in [0.25, 0.3) is 0 Å². The number of nitrogens with zero attached hydrogens (tertiary/aromatic N) is 2. The molecule has 0 fully saturated rings. The van der Waals surface area contributed by atoms with E-state index in [1.165, 1.54) is 0 Å². The van der Waals surface area contributed by atoms with Gasteiger partial charge in [-0.3, -0.25) is 4.79 Å². The molecule has 2 rings (SSSR count). The van der Waals surface area contributed by atoms with Crippen LogP contribution in [0.15, 0.2) is 43.0 Å². The van der Waals surface area contributed by atoms with Crippen LogP contribution in [0, 0.1) is 0 Å². The van der Waals surface area contributed by atoms with E-state index in [0.717, 1.165) is 17.8 Å². The third-order valence-electron chi connectivity index (χ3n) is 2.90. The van der Waals surface area contributed by atoms with Crippen LogP contribution in [-0.4, -0.2) is 21.5 Å². The van der Waals surface area contributed by atoms with Crippen molar-refractivity contribution in [2.45, 2.75) is 25.9 Å². The smallest absolute Gasteiger partial charge is 0.241 e. The number of hydrogen-bond donors (Lipinski definition) is 2. The van der Waals surface area contributed by atoms with Gasteiger partial charge in [-0.05, 0) is 24.1 Å². The summed E-state index contributed by atoms with van der Waals surface area (Å²) < 4.78 is 1.97. The van der Waals surface area contributed by atoms with Gasteiger partial charge in [-0.2, -0.15) is 0 Å². The van der Waals surface area contributed by atoms with Crippen molar-refractivity contribution in [1.82, 2.24) is 9.55 Å². The Bertz CT molecular complexity index is 536. The van der Waals surface area contributed by atoms with Gasteiger partial charge in [-0.15, -0.1) is 0 Å². The van der Waals surface area contributed by atoms with Crippen molar-refractivity contribution in [1.29, 1.82) is 0 Å². The van der Waals surface area contributed by atoms with Gasteiger partial charge in [0, 0.05) is 24.6 Å². The maximum atomic E-state index is 11.7. The van der Waals surface area contributed by atoms with E-state index >= 15 is 0 Å². The number of nitrogens with one attached hydrogen (secondary N) is 1. The number of imidazole rings is 1. The van der Waals surface area contributed by atoms with Gasteiger partial charge < -0.3 is 15.6 Å². The number of amides is 1. The molecule has 1 amide bonds. The first-order chi connectivity index (χ1) is 9.19. The number of aromatic nitrogens is 2. The van der Waals surface area contributed by atoms with Crippen LogP contribution in [0.3, 0.4) is 0 Å². The molecule has 0 aliphatic heterocycles. The molecule has 0 spiro atoms. The topological polar surface area (TPSA) is 72.9 Å². The lowest BCUT2D eigenvalue weighted by Crippen LogP contribution is -2.34. The van der Waals surface area contributed by atoms with Crippen molar-refractivity contribution >= 4 is 11.6 Å². The molecule has 3 N–H and O–H groups in total. The molecule has 0 saturated carbocycles. The molecule has 0 radical (unpaired) electrons. The Morgan fingerprint density at radius 1 is 1.53 bits per heavy atom. The van der Waals surface area contributed by atoms with Gasteiger partial charge in [0.15, 0.2) is 0 Å². The highest BCUT2D eigenvalue weighted by Crippen LogP contribution is 2.12. The predicted molar refractivity (Wildman–Crippen MR) is 74.7 cm³/mol. The summed E-state index contributed by atoms with van der Waals surface area (Å²) in [6, 6.07) is 7.27. The van der Waals surface area contributed by atoms with Crippen molar-refractivity contribution in [3.8, 4) is 0 Å². The standard InChI is InChI=1S/C14H18N4O/c1-2-13(15)14(19)17-12-5-3-4-11(8-12)9-18-7-6-16-10-18/h3-8,10,13H,2,9,15H2,1H3,(H,17,19). The van der Waals surface area contributed by atoms with E-state index in [0.29, 0.717) is 6.42 Å². The molecule has 5 nitrogen and oxygen atoms in total. The normalized spacial score (nSPS) is 12.1. The number of rotatable bonds is 5. The third kappa shape index (κ3) is 3.66. The fraction of sp³-hybridized carbons (Fsp3) is 0.286. The Morgan fingerprint density at radius 2 is 2.37 bits per heavy atom. The van der Waals surface area contributed by atoms with Crippen LogP contribution in [0.25, 0.3) is 0 Å². The second-order valence-electron chi connectivity index (χ2n) is 4.44. The molecule has 1 unspecified atom stereocenters. The maximum Gasteiger partial charge on any atom is 0.241 e. The van der Waals surface area contributed by atoms with Crippen LogP contribution in [0.4, 0.5) is 5.69 Å². The molecule has 2 aromatic rings. The molecule has 100 valence electrons. The van der Waals surface area contributed by atoms with E-state index in [9.17, 15) is 4.79 Å². The number of carbonyl (C=O) groups is 1. The Hall–Kier alpha value is -2.14. The number of carbonyl (C=O) groups excluding carboxylic acids is 1. The summed E-state index contributed by atoms with van der Waals surface area (Å²) in [6.07, 6.45) is 6.03. The molecular weight excluding hydrogens is 240 g/mol. The zero-order valence-electron chi connectivity index (χ0n) is 10.9. The summed E-state index contributed by atoms with van der Waals surface area (Å²) in [5.41, 5.74) is 7.56. The molecule has 1 aromatic carbocycles. The monoisotopic (exact) mass is 258 g/mol. The van der Waals surface area contributed by atoms with Crippen LogP contribution in [0.2, 0.25) is 0 Å². The summed E-state index contributed by atoms with van der Waals surface area (Å²) >= 11 is 0. The summed E-state index contributed by atoms with van der Waals surface area (Å²) in [6.45, 7) is 2.61. The Balaban J connectivity index is 2.05. The van der Waals surface area contributed by atoms with Gasteiger partial charge in [-0.25, -0.2) is 4.98 Å². The first kappa shape index (κ1) is 13.3. The molecule has 1 atom stereocenters. The van der Waals surface area contributed by atoms with Crippen molar-refractivity contribution in [3.05, 3.63) is 48.5 Å². The van der Waals surface area contributed by atoms with E-state index in [1.54, 1.807) is 12.5 Å². The average molecular weight is 258 g/mol. The lowest BCUT2D eigenvalue weighted by molar-refractivity contribution is -0.117. The minimum absolute atomic E-state index is 0.151. The van der Waals surface area contributed by atoms with E-state index in [-0.39, 0.29) is 5.91 Å². The average Bonchev–Trinajstić information content (AvgIpc) is 2.91. The van der Waals surface area contributed by atoms with Crippen molar-refractivity contribution in [2.24, 2.45) is 5.73 Å². The van der Waals surface area contributed by atoms with Crippen molar-refractivity contribution in [3.63, 3.8) is 0 Å². The SMILES string of the molecule is CCC(N)C(=O)Nc1cccc(Cn2ccnc2)c1. The number of hydrogen-bond acceptors (Lipinski definition) is 3. The molecule has 0 bridgehead atoms. The summed E-state index contributed by atoms with van der Waals surface area (Å²) in [4.78, 5) is 15.7. The van der Waals surface area contributed by atoms with Crippen LogP contribution in [0.5, 0.6) is 0 Å². The van der Waals surface area contributed by atoms with E-state index < -0.39 is 6.04 Å². The Kier molecular flexibility index (Phi) is 4.30. The quantitative estimate of drug-likeness (QED) is 0.855. The number of benzene rings is 1. The molecular formula is C14H18N4O. The fourth-order valence-corrected chi connectivity index (χ4v) is 1.76. The molecule has 0 aliphatic rings. The van der Waals surface area contributed by atoms with E-state index in [2.05, 4.69) is 10.3 Å². The summed E-state index contributed by atoms with van der Waals surface area (Å²) in [5.74, 6) is -0.151. The largest absolute Gasteiger partial charge is 0.333 e. The second kappa shape index (κ2) is 6.15. The lowest BCUT2D eigenvalue weighted by atomic mass is 10.2. The molecule has 1 heterocycles. The maximum absolute atomic E-state index is 11.7. The molecule has 19 heavy (non-hydrogen) atoms. The van der Waals surface area contributed by atoms with Gasteiger partial charge in [-0.1, -0.05) is 19.1 Å².